The van der Waals surface area contributed by atoms with Gasteiger partial charge in [0.15, 0.2) is 0 Å². The van der Waals surface area contributed by atoms with Gasteiger partial charge in [0.25, 0.3) is 0 Å². The van der Waals surface area contributed by atoms with Crippen LogP contribution in [0.2, 0.25) is 0 Å². The van der Waals surface area contributed by atoms with Crippen molar-refractivity contribution in [3.8, 4) is 0 Å². The van der Waals surface area contributed by atoms with Crippen LogP contribution in [0.25, 0.3) is 0 Å². The van der Waals surface area contributed by atoms with E-state index in [9.17, 15) is 14.4 Å². The number of benzene rings is 2. The van der Waals surface area contributed by atoms with Gasteiger partial charge in [-0.2, -0.15) is 0 Å². The normalized spacial score (nSPS) is 22.3. The number of anilines is 2. The van der Waals surface area contributed by atoms with Crippen LogP contribution in [0.15, 0.2) is 42.5 Å². The van der Waals surface area contributed by atoms with Crippen LogP contribution >= 0.6 is 0 Å². The van der Waals surface area contributed by atoms with E-state index in [1.807, 2.05) is 41.3 Å². The number of morpholine rings is 1. The minimum absolute atomic E-state index is 0.0106. The highest BCUT2D eigenvalue weighted by Gasteiger charge is 2.34. The zero-order valence-electron chi connectivity index (χ0n) is 16.5. The maximum Gasteiger partial charge on any atom is 0.246 e. The van der Waals surface area contributed by atoms with Gasteiger partial charge in [0, 0.05) is 23.8 Å². The molecule has 3 aliphatic heterocycles. The Bertz CT molecular complexity index is 1030. The lowest BCUT2D eigenvalue weighted by Gasteiger charge is -2.26. The Labute approximate surface area is 174 Å². The zero-order chi connectivity index (χ0) is 20.7. The summed E-state index contributed by atoms with van der Waals surface area (Å²) in [5.74, 6) is 0.0762. The van der Waals surface area contributed by atoms with Crippen molar-refractivity contribution in [1.82, 2.24) is 5.32 Å². The fourth-order valence-electron chi connectivity index (χ4n) is 4.65. The summed E-state index contributed by atoms with van der Waals surface area (Å²) in [6, 6.07) is 13.7. The van der Waals surface area contributed by atoms with E-state index in [1.165, 1.54) is 0 Å². The van der Waals surface area contributed by atoms with Crippen molar-refractivity contribution in [2.24, 2.45) is 0 Å². The number of nitrogens with one attached hydrogen (secondary N) is 2. The van der Waals surface area contributed by atoms with Gasteiger partial charge in [-0.25, -0.2) is 0 Å². The highest BCUT2D eigenvalue weighted by atomic mass is 16.5. The number of carbonyl (C=O) groups is 3. The lowest BCUT2D eigenvalue weighted by molar-refractivity contribution is -0.131. The molecule has 0 aromatic heterocycles. The van der Waals surface area contributed by atoms with Crippen molar-refractivity contribution in [1.29, 1.82) is 0 Å². The summed E-state index contributed by atoms with van der Waals surface area (Å²) in [7, 11) is 0. The van der Waals surface area contributed by atoms with Gasteiger partial charge in [0.1, 0.15) is 6.61 Å². The number of rotatable bonds is 4. The molecule has 3 amide bonds. The van der Waals surface area contributed by atoms with Crippen molar-refractivity contribution in [3.05, 3.63) is 59.2 Å². The number of fused-ring (bicyclic) bond motifs is 2. The second kappa shape index (κ2) is 7.57. The molecule has 0 spiro atoms. The van der Waals surface area contributed by atoms with Gasteiger partial charge in [0.05, 0.1) is 25.5 Å². The van der Waals surface area contributed by atoms with Crippen molar-refractivity contribution in [3.63, 3.8) is 0 Å². The predicted molar refractivity (Wildman–Crippen MR) is 111 cm³/mol. The quantitative estimate of drug-likeness (QED) is 0.812. The Morgan fingerprint density at radius 1 is 1.13 bits per heavy atom. The van der Waals surface area contributed by atoms with E-state index in [1.54, 1.807) is 0 Å². The summed E-state index contributed by atoms with van der Waals surface area (Å²) >= 11 is 0. The molecule has 2 unspecified atom stereocenters. The molecule has 0 saturated carbocycles. The third-order valence-corrected chi connectivity index (χ3v) is 6.01. The zero-order valence-corrected chi connectivity index (χ0v) is 16.5. The first kappa shape index (κ1) is 18.8. The highest BCUT2D eigenvalue weighted by molar-refractivity contribution is 6.00. The van der Waals surface area contributed by atoms with E-state index in [0.29, 0.717) is 19.6 Å². The average Bonchev–Trinajstić information content (AvgIpc) is 3.28. The molecule has 2 aromatic rings. The Morgan fingerprint density at radius 3 is 2.87 bits per heavy atom. The van der Waals surface area contributed by atoms with Crippen molar-refractivity contribution in [2.75, 3.05) is 30.0 Å². The molecule has 0 radical (unpaired) electrons. The largest absolute Gasteiger partial charge is 0.370 e. The van der Waals surface area contributed by atoms with Crippen LogP contribution in [0.3, 0.4) is 0 Å². The van der Waals surface area contributed by atoms with Crippen LogP contribution < -0.4 is 15.5 Å². The lowest BCUT2D eigenvalue weighted by Crippen LogP contribution is -2.46. The Balaban J connectivity index is 1.32. The molecule has 2 aromatic carbocycles. The molecule has 5 rings (SSSR count). The van der Waals surface area contributed by atoms with E-state index in [0.717, 1.165) is 34.5 Å². The molecule has 30 heavy (non-hydrogen) atoms. The van der Waals surface area contributed by atoms with Crippen LogP contribution in [-0.4, -0.2) is 43.5 Å². The summed E-state index contributed by atoms with van der Waals surface area (Å²) in [6.07, 6.45) is 1.40. The van der Waals surface area contributed by atoms with Gasteiger partial charge in [-0.3, -0.25) is 14.4 Å². The lowest BCUT2D eigenvalue weighted by atomic mass is 9.94. The number of hydrogen-bond donors (Lipinski definition) is 2. The van der Waals surface area contributed by atoms with E-state index >= 15 is 0 Å². The molecular weight excluding hydrogens is 382 g/mol. The smallest absolute Gasteiger partial charge is 0.246 e. The van der Waals surface area contributed by atoms with Crippen molar-refractivity contribution < 1.29 is 19.1 Å². The summed E-state index contributed by atoms with van der Waals surface area (Å²) in [6.45, 7) is 1.20. The third-order valence-electron chi connectivity index (χ3n) is 6.01. The number of hydrogen-bond acceptors (Lipinski definition) is 4. The second-order valence-corrected chi connectivity index (χ2v) is 8.17. The number of carbonyl (C=O) groups excluding carboxylic acids is 3. The van der Waals surface area contributed by atoms with Crippen molar-refractivity contribution >= 4 is 29.1 Å². The fourth-order valence-corrected chi connectivity index (χ4v) is 4.65. The molecule has 1 fully saturated rings. The second-order valence-electron chi connectivity index (χ2n) is 8.17. The maximum atomic E-state index is 13.2. The molecule has 3 heterocycles. The van der Waals surface area contributed by atoms with Crippen LogP contribution in [0.1, 0.15) is 29.0 Å². The first-order chi connectivity index (χ1) is 14.6. The van der Waals surface area contributed by atoms with Gasteiger partial charge >= 0.3 is 0 Å². The molecular formula is C23H23N3O4. The van der Waals surface area contributed by atoms with Crippen LogP contribution in [-0.2, 0) is 32.0 Å². The first-order valence-electron chi connectivity index (χ1n) is 10.2. The van der Waals surface area contributed by atoms with Crippen LogP contribution in [0.5, 0.6) is 0 Å². The summed E-state index contributed by atoms with van der Waals surface area (Å²) in [4.78, 5) is 38.2. The topological polar surface area (TPSA) is 87.7 Å². The Kier molecular flexibility index (Phi) is 4.75. The minimum atomic E-state index is -0.0887. The van der Waals surface area contributed by atoms with E-state index < -0.39 is 0 Å². The molecule has 7 nitrogen and oxygen atoms in total. The molecule has 0 aliphatic carbocycles. The van der Waals surface area contributed by atoms with Gasteiger partial charge in [-0.05, 0) is 35.2 Å². The van der Waals surface area contributed by atoms with Gasteiger partial charge < -0.3 is 20.3 Å². The van der Waals surface area contributed by atoms with Crippen LogP contribution in [0, 0.1) is 0 Å². The third kappa shape index (κ3) is 3.57. The van der Waals surface area contributed by atoms with Crippen molar-refractivity contribution in [2.45, 2.75) is 31.2 Å². The molecule has 0 bridgehead atoms. The van der Waals surface area contributed by atoms with E-state index in [-0.39, 0.29) is 42.7 Å². The Hall–Kier alpha value is -3.19. The maximum absolute atomic E-state index is 13.2. The molecule has 2 atom stereocenters. The minimum Gasteiger partial charge on any atom is -0.370 e. The number of amides is 3. The Morgan fingerprint density at radius 2 is 2.00 bits per heavy atom. The molecule has 2 N–H and O–H groups in total. The first-order valence-corrected chi connectivity index (χ1v) is 10.2. The average molecular weight is 405 g/mol. The standard InChI is InChI=1S/C23H23N3O4/c27-21-10-15-6-5-14(7-19(15)25-21)8-23(29)26-11-16(18-3-1-2-4-20(18)26)9-17-12-30-13-22(28)24-17/h1-7,16-17H,8-13H2,(H,24,28)(H,25,27). The molecule has 7 heteroatoms. The van der Waals surface area contributed by atoms with Gasteiger partial charge in [-0.1, -0.05) is 30.3 Å². The van der Waals surface area contributed by atoms with Gasteiger partial charge in [-0.15, -0.1) is 0 Å². The van der Waals surface area contributed by atoms with E-state index in [4.69, 9.17) is 4.74 Å². The highest BCUT2D eigenvalue weighted by Crippen LogP contribution is 2.39. The predicted octanol–water partition coefficient (Wildman–Crippen LogP) is 1.76. The summed E-state index contributed by atoms with van der Waals surface area (Å²) in [5, 5.41) is 5.83. The molecule has 3 aliphatic rings. The van der Waals surface area contributed by atoms with Gasteiger partial charge in [0.2, 0.25) is 17.7 Å². The molecule has 154 valence electrons. The number of nitrogens with zero attached hydrogens (tertiary/aromatic N) is 1. The summed E-state index contributed by atoms with van der Waals surface area (Å²) < 4.78 is 5.37. The fraction of sp³-hybridized carbons (Fsp3) is 0.348. The van der Waals surface area contributed by atoms with E-state index in [2.05, 4.69) is 16.7 Å². The molecule has 1 saturated heterocycles. The SMILES string of the molecule is O=C1Cc2ccc(CC(=O)N3CC(CC4COCC(=O)N4)c4ccccc43)cc2N1. The number of para-hydroxylation sites is 1. The monoisotopic (exact) mass is 405 g/mol. The number of ether oxygens (including phenoxy) is 1. The van der Waals surface area contributed by atoms with Crippen LogP contribution in [0.4, 0.5) is 11.4 Å². The summed E-state index contributed by atoms with van der Waals surface area (Å²) in [5.41, 5.74) is 4.73.